The first-order valence-corrected chi connectivity index (χ1v) is 13.8. The fourth-order valence-electron chi connectivity index (χ4n) is 5.84. The van der Waals surface area contributed by atoms with Crippen LogP contribution >= 0.6 is 0 Å². The van der Waals surface area contributed by atoms with E-state index < -0.39 is 11.6 Å². The van der Waals surface area contributed by atoms with E-state index in [1.165, 1.54) is 6.07 Å². The summed E-state index contributed by atoms with van der Waals surface area (Å²) in [4.78, 5) is 0. The second kappa shape index (κ2) is 13.3. The molecule has 2 nitrogen and oxygen atoms in total. The van der Waals surface area contributed by atoms with E-state index >= 15 is 8.78 Å². The molecule has 0 unspecified atom stereocenters. The number of allylic oxidation sites excluding steroid dienone is 1. The molecule has 5 heteroatoms. The van der Waals surface area contributed by atoms with E-state index in [-0.39, 0.29) is 23.8 Å². The number of hydrogen-bond donors (Lipinski definition) is 0. The monoisotopic (exact) mass is 512 g/mol. The highest BCUT2D eigenvalue weighted by Gasteiger charge is 2.29. The Morgan fingerprint density at radius 2 is 1.49 bits per heavy atom. The summed E-state index contributed by atoms with van der Waals surface area (Å²) in [5.41, 5.74) is 1.55. The second-order valence-corrected chi connectivity index (χ2v) is 10.4. The minimum atomic E-state index is -0.666. The van der Waals surface area contributed by atoms with Crippen LogP contribution in [0.15, 0.2) is 49.1 Å². The maximum atomic E-state index is 15.2. The number of benzene rings is 2. The summed E-state index contributed by atoms with van der Waals surface area (Å²) in [5.74, 6) is -0.750. The van der Waals surface area contributed by atoms with Crippen LogP contribution in [0.25, 0.3) is 6.08 Å². The zero-order chi connectivity index (χ0) is 26.2. The molecule has 0 bridgehead atoms. The fraction of sp³-hybridized carbons (Fsp3) is 0.500. The van der Waals surface area contributed by atoms with Gasteiger partial charge in [-0.3, -0.25) is 0 Å². The van der Waals surface area contributed by atoms with Crippen LogP contribution in [0.1, 0.15) is 93.2 Å². The zero-order valence-electron chi connectivity index (χ0n) is 21.9. The first-order valence-electron chi connectivity index (χ1n) is 13.8. The third-order valence-electron chi connectivity index (χ3n) is 7.98. The zero-order valence-corrected chi connectivity index (χ0v) is 21.9. The normalized spacial score (nSPS) is 24.3. The summed E-state index contributed by atoms with van der Waals surface area (Å²) in [6.07, 6.45) is 13.4. The molecule has 0 aromatic heterocycles. The minimum absolute atomic E-state index is 0.0191. The van der Waals surface area contributed by atoms with Crippen molar-refractivity contribution < 1.29 is 22.6 Å². The second-order valence-electron chi connectivity index (χ2n) is 10.4. The molecule has 2 fully saturated rings. The van der Waals surface area contributed by atoms with Crippen LogP contribution < -0.4 is 4.74 Å². The largest absolute Gasteiger partial charge is 0.493 e. The molecule has 200 valence electrons. The maximum Gasteiger partial charge on any atom is 0.162 e. The summed E-state index contributed by atoms with van der Waals surface area (Å²) in [6.45, 7) is 6.81. The Bertz CT molecular complexity index is 1060. The molecule has 0 N–H and O–H groups in total. The van der Waals surface area contributed by atoms with Crippen molar-refractivity contribution in [1.29, 1.82) is 0 Å². The number of halogens is 3. The van der Waals surface area contributed by atoms with Crippen molar-refractivity contribution in [3.05, 3.63) is 83.2 Å². The van der Waals surface area contributed by atoms with Gasteiger partial charge in [-0.1, -0.05) is 30.4 Å². The number of ether oxygens (including phenoxy) is 2. The van der Waals surface area contributed by atoms with E-state index in [2.05, 4.69) is 6.58 Å². The Balaban J connectivity index is 1.32. The summed E-state index contributed by atoms with van der Waals surface area (Å²) in [7, 11) is 0. The molecule has 0 amide bonds. The van der Waals surface area contributed by atoms with Gasteiger partial charge in [0.05, 0.1) is 12.7 Å². The summed E-state index contributed by atoms with van der Waals surface area (Å²) in [5, 5.41) is 0. The molecule has 37 heavy (non-hydrogen) atoms. The number of hydrogen-bond acceptors (Lipinski definition) is 2. The van der Waals surface area contributed by atoms with Gasteiger partial charge in [0.1, 0.15) is 11.6 Å². The maximum absolute atomic E-state index is 15.2. The summed E-state index contributed by atoms with van der Waals surface area (Å²) < 4.78 is 56.0. The molecule has 0 heterocycles. The van der Waals surface area contributed by atoms with Crippen molar-refractivity contribution in [1.82, 2.24) is 0 Å². The van der Waals surface area contributed by atoms with E-state index in [0.717, 1.165) is 51.4 Å². The Hall–Kier alpha value is -2.53. The Morgan fingerprint density at radius 3 is 2.05 bits per heavy atom. The van der Waals surface area contributed by atoms with Gasteiger partial charge in [-0.05, 0) is 106 Å². The van der Waals surface area contributed by atoms with Gasteiger partial charge < -0.3 is 9.47 Å². The van der Waals surface area contributed by atoms with Crippen LogP contribution in [0.2, 0.25) is 0 Å². The Kier molecular flexibility index (Phi) is 9.90. The summed E-state index contributed by atoms with van der Waals surface area (Å²) in [6, 6.07) is 8.54. The Morgan fingerprint density at radius 1 is 0.865 bits per heavy atom. The van der Waals surface area contributed by atoms with Crippen LogP contribution in [-0.4, -0.2) is 19.3 Å². The Labute approximate surface area is 219 Å². The van der Waals surface area contributed by atoms with Crippen molar-refractivity contribution >= 4 is 6.08 Å². The van der Waals surface area contributed by atoms with Gasteiger partial charge in [0, 0.05) is 18.2 Å². The smallest absolute Gasteiger partial charge is 0.162 e. The molecule has 2 saturated carbocycles. The molecule has 0 aliphatic heterocycles. The predicted octanol–water partition coefficient (Wildman–Crippen LogP) is 9.11. The van der Waals surface area contributed by atoms with Crippen molar-refractivity contribution in [3.8, 4) is 5.75 Å². The molecular formula is C32H39F3O2. The average molecular weight is 513 g/mol. The standard InChI is InChI=1S/C32H39F3O2/c1-3-5-20-37-27-17-14-25(30(33)21-27)11-8-22-6-9-23(10-7-22)28-18-19-29(32(35)31(28)34)24-12-15-26(16-13-24)36-4-2/h3,8,11,14,17-19,21-24,26H,1,4-7,9-10,12-13,15-16,20H2,2H3/b11-8+. The average Bonchev–Trinajstić information content (AvgIpc) is 2.91. The van der Waals surface area contributed by atoms with Crippen molar-refractivity contribution in [2.24, 2.45) is 5.92 Å². The minimum Gasteiger partial charge on any atom is -0.493 e. The van der Waals surface area contributed by atoms with Crippen molar-refractivity contribution in [2.45, 2.75) is 82.7 Å². The van der Waals surface area contributed by atoms with Gasteiger partial charge in [-0.2, -0.15) is 0 Å². The highest BCUT2D eigenvalue weighted by Crippen LogP contribution is 2.41. The highest BCUT2D eigenvalue weighted by molar-refractivity contribution is 5.52. The molecule has 4 rings (SSSR count). The molecule has 2 aliphatic carbocycles. The molecule has 0 spiro atoms. The van der Waals surface area contributed by atoms with Gasteiger partial charge in [-0.25, -0.2) is 13.2 Å². The third-order valence-corrected chi connectivity index (χ3v) is 7.98. The fourth-order valence-corrected chi connectivity index (χ4v) is 5.84. The lowest BCUT2D eigenvalue weighted by Crippen LogP contribution is -2.21. The quantitative estimate of drug-likeness (QED) is 0.233. The topological polar surface area (TPSA) is 18.5 Å². The lowest BCUT2D eigenvalue weighted by atomic mass is 9.77. The lowest BCUT2D eigenvalue weighted by molar-refractivity contribution is 0.0325. The first-order chi connectivity index (χ1) is 18.0. The van der Waals surface area contributed by atoms with E-state index in [1.807, 2.05) is 31.2 Å². The number of rotatable bonds is 10. The van der Waals surface area contributed by atoms with Crippen LogP contribution in [0, 0.1) is 23.4 Å². The molecule has 0 saturated heterocycles. The molecule has 2 aliphatic rings. The first kappa shape index (κ1) is 27.5. The van der Waals surface area contributed by atoms with Gasteiger partial charge >= 0.3 is 0 Å². The third kappa shape index (κ3) is 7.07. The van der Waals surface area contributed by atoms with E-state index in [4.69, 9.17) is 9.47 Å². The van der Waals surface area contributed by atoms with Gasteiger partial charge in [0.2, 0.25) is 0 Å². The highest BCUT2D eigenvalue weighted by atomic mass is 19.2. The van der Waals surface area contributed by atoms with Gasteiger partial charge in [-0.15, -0.1) is 6.58 Å². The van der Waals surface area contributed by atoms with Crippen molar-refractivity contribution in [3.63, 3.8) is 0 Å². The SMILES string of the molecule is C=CCCOc1ccc(/C=C/C2CCC(c3ccc(C4CCC(OCC)CC4)c(F)c3F)CC2)c(F)c1. The van der Waals surface area contributed by atoms with Gasteiger partial charge in [0.25, 0.3) is 0 Å². The van der Waals surface area contributed by atoms with E-state index in [1.54, 1.807) is 18.2 Å². The predicted molar refractivity (Wildman–Crippen MR) is 143 cm³/mol. The van der Waals surface area contributed by atoms with E-state index in [0.29, 0.717) is 48.0 Å². The van der Waals surface area contributed by atoms with Crippen LogP contribution in [0.5, 0.6) is 5.75 Å². The molecule has 2 aromatic rings. The molecule has 2 aromatic carbocycles. The molecule has 0 atom stereocenters. The van der Waals surface area contributed by atoms with Crippen LogP contribution in [0.3, 0.4) is 0 Å². The van der Waals surface area contributed by atoms with E-state index in [9.17, 15) is 4.39 Å². The van der Waals surface area contributed by atoms with Gasteiger partial charge in [0.15, 0.2) is 11.6 Å². The molecular weight excluding hydrogens is 473 g/mol. The lowest BCUT2D eigenvalue weighted by Gasteiger charge is -2.30. The van der Waals surface area contributed by atoms with Crippen LogP contribution in [0.4, 0.5) is 13.2 Å². The van der Waals surface area contributed by atoms with Crippen molar-refractivity contribution in [2.75, 3.05) is 13.2 Å². The molecule has 0 radical (unpaired) electrons. The van der Waals surface area contributed by atoms with Crippen LogP contribution in [-0.2, 0) is 4.74 Å². The summed E-state index contributed by atoms with van der Waals surface area (Å²) >= 11 is 0.